The van der Waals surface area contributed by atoms with Gasteiger partial charge in [-0.15, -0.1) is 0 Å². The summed E-state index contributed by atoms with van der Waals surface area (Å²) in [5, 5.41) is 12.6. The molecule has 0 unspecified atom stereocenters. The number of halogens is 3. The van der Waals surface area contributed by atoms with Crippen LogP contribution in [0.15, 0.2) is 18.3 Å². The Kier molecular flexibility index (Phi) is 3.28. The summed E-state index contributed by atoms with van der Waals surface area (Å²) in [7, 11) is 0. The third kappa shape index (κ3) is 2.18. The van der Waals surface area contributed by atoms with Gasteiger partial charge in [-0.2, -0.15) is 5.10 Å². The molecular weight excluding hydrogens is 261 g/mol. The van der Waals surface area contributed by atoms with E-state index in [0.717, 1.165) is 10.9 Å². The quantitative estimate of drug-likeness (QED) is 0.932. The predicted molar refractivity (Wildman–Crippen MR) is 59.8 cm³/mol. The zero-order chi connectivity index (χ0) is 14.2. The largest absolute Gasteiger partial charge is 0.478 e. The molecule has 0 atom stereocenters. The SMILES string of the molecule is CCc1c(C(=O)O)cnn1-c1c(F)cc(F)cc1F. The number of hydrogen-bond donors (Lipinski definition) is 1. The summed E-state index contributed by atoms with van der Waals surface area (Å²) in [6.07, 6.45) is 1.21. The van der Waals surface area contributed by atoms with Crippen LogP contribution in [0.25, 0.3) is 5.69 Å². The number of aromatic carboxylic acids is 1. The van der Waals surface area contributed by atoms with E-state index in [1.54, 1.807) is 6.92 Å². The average molecular weight is 270 g/mol. The molecule has 100 valence electrons. The minimum Gasteiger partial charge on any atom is -0.478 e. The van der Waals surface area contributed by atoms with Gasteiger partial charge in [0.1, 0.15) is 17.1 Å². The summed E-state index contributed by atoms with van der Waals surface area (Å²) >= 11 is 0. The van der Waals surface area contributed by atoms with Crippen molar-refractivity contribution in [3.05, 3.63) is 47.0 Å². The van der Waals surface area contributed by atoms with E-state index in [1.807, 2.05) is 0 Å². The lowest BCUT2D eigenvalue weighted by Crippen LogP contribution is -2.09. The Labute approximate surface area is 106 Å². The molecule has 7 heteroatoms. The van der Waals surface area contributed by atoms with E-state index < -0.39 is 29.1 Å². The maximum Gasteiger partial charge on any atom is 0.339 e. The van der Waals surface area contributed by atoms with Crippen LogP contribution in [0.1, 0.15) is 23.0 Å². The predicted octanol–water partition coefficient (Wildman–Crippen LogP) is 2.55. The molecule has 0 saturated heterocycles. The number of hydrogen-bond acceptors (Lipinski definition) is 2. The molecule has 2 aromatic rings. The first-order chi connectivity index (χ1) is 8.95. The number of aromatic nitrogens is 2. The highest BCUT2D eigenvalue weighted by molar-refractivity contribution is 5.88. The summed E-state index contributed by atoms with van der Waals surface area (Å²) in [5.41, 5.74) is -0.603. The van der Waals surface area contributed by atoms with E-state index in [4.69, 9.17) is 5.11 Å². The molecule has 0 amide bonds. The second kappa shape index (κ2) is 4.75. The normalized spacial score (nSPS) is 10.7. The Morgan fingerprint density at radius 3 is 2.37 bits per heavy atom. The van der Waals surface area contributed by atoms with E-state index in [2.05, 4.69) is 5.10 Å². The van der Waals surface area contributed by atoms with Gasteiger partial charge < -0.3 is 5.11 Å². The first-order valence-electron chi connectivity index (χ1n) is 5.40. The molecule has 0 spiro atoms. The second-order valence-electron chi connectivity index (χ2n) is 3.79. The third-order valence-electron chi connectivity index (χ3n) is 2.63. The highest BCUT2D eigenvalue weighted by Crippen LogP contribution is 2.22. The number of benzene rings is 1. The van der Waals surface area contributed by atoms with Crippen LogP contribution < -0.4 is 0 Å². The minimum atomic E-state index is -1.24. The molecule has 0 fully saturated rings. The summed E-state index contributed by atoms with van der Waals surface area (Å²) < 4.78 is 40.9. The van der Waals surface area contributed by atoms with Crippen LogP contribution in [0.4, 0.5) is 13.2 Å². The van der Waals surface area contributed by atoms with Crippen molar-refractivity contribution in [1.82, 2.24) is 9.78 Å². The van der Waals surface area contributed by atoms with Gasteiger partial charge in [-0.25, -0.2) is 22.6 Å². The van der Waals surface area contributed by atoms with Crippen molar-refractivity contribution in [2.75, 3.05) is 0 Å². The molecular formula is C12H9F3N2O2. The van der Waals surface area contributed by atoms with Crippen molar-refractivity contribution < 1.29 is 23.1 Å². The minimum absolute atomic E-state index is 0.136. The Bertz CT molecular complexity index is 629. The van der Waals surface area contributed by atoms with Crippen molar-refractivity contribution in [1.29, 1.82) is 0 Å². The van der Waals surface area contributed by atoms with Crippen LogP contribution in [0, 0.1) is 17.5 Å². The molecule has 1 heterocycles. The first-order valence-corrected chi connectivity index (χ1v) is 5.40. The van der Waals surface area contributed by atoms with Crippen LogP contribution >= 0.6 is 0 Å². The fourth-order valence-corrected chi connectivity index (χ4v) is 1.82. The highest BCUT2D eigenvalue weighted by atomic mass is 19.1. The second-order valence-corrected chi connectivity index (χ2v) is 3.79. The van der Waals surface area contributed by atoms with E-state index in [9.17, 15) is 18.0 Å². The van der Waals surface area contributed by atoms with Crippen molar-refractivity contribution in [3.63, 3.8) is 0 Å². The monoisotopic (exact) mass is 270 g/mol. The summed E-state index contributed by atoms with van der Waals surface area (Å²) in [5.74, 6) is -4.59. The lowest BCUT2D eigenvalue weighted by Gasteiger charge is -2.09. The van der Waals surface area contributed by atoms with Gasteiger partial charge in [0, 0.05) is 12.1 Å². The van der Waals surface area contributed by atoms with Gasteiger partial charge in [-0.05, 0) is 6.42 Å². The lowest BCUT2D eigenvalue weighted by atomic mass is 10.2. The topological polar surface area (TPSA) is 55.1 Å². The fourth-order valence-electron chi connectivity index (χ4n) is 1.82. The van der Waals surface area contributed by atoms with Crippen molar-refractivity contribution in [3.8, 4) is 5.69 Å². The zero-order valence-corrected chi connectivity index (χ0v) is 9.82. The van der Waals surface area contributed by atoms with E-state index >= 15 is 0 Å². The van der Waals surface area contributed by atoms with Crippen LogP contribution in [-0.4, -0.2) is 20.9 Å². The van der Waals surface area contributed by atoms with Gasteiger partial charge in [0.2, 0.25) is 0 Å². The average Bonchev–Trinajstić information content (AvgIpc) is 2.71. The summed E-state index contributed by atoms with van der Waals surface area (Å²) in [4.78, 5) is 10.9. The molecule has 0 saturated carbocycles. The Morgan fingerprint density at radius 1 is 1.32 bits per heavy atom. The Balaban J connectivity index is 2.69. The highest BCUT2D eigenvalue weighted by Gasteiger charge is 2.21. The standard InChI is InChI=1S/C12H9F3N2O2/c1-2-10-7(12(18)19)5-16-17(10)11-8(14)3-6(13)4-9(11)15/h3-5H,2H2,1H3,(H,18,19). The molecule has 1 aromatic carbocycles. The van der Waals surface area contributed by atoms with Gasteiger partial charge in [0.15, 0.2) is 11.6 Å². The Hall–Kier alpha value is -2.31. The van der Waals surface area contributed by atoms with Gasteiger partial charge in [-0.1, -0.05) is 6.92 Å². The number of carboxylic acid groups (broad SMARTS) is 1. The van der Waals surface area contributed by atoms with E-state index in [0.29, 0.717) is 12.1 Å². The molecule has 0 aliphatic carbocycles. The molecule has 0 bridgehead atoms. The molecule has 1 N–H and O–H groups in total. The van der Waals surface area contributed by atoms with E-state index in [-0.39, 0.29) is 17.7 Å². The van der Waals surface area contributed by atoms with Gasteiger partial charge in [0.05, 0.1) is 11.9 Å². The maximum atomic E-state index is 13.6. The number of nitrogens with zero attached hydrogens (tertiary/aromatic N) is 2. The van der Waals surface area contributed by atoms with Crippen molar-refractivity contribution >= 4 is 5.97 Å². The van der Waals surface area contributed by atoms with Crippen LogP contribution in [-0.2, 0) is 6.42 Å². The van der Waals surface area contributed by atoms with Gasteiger partial charge in [0.25, 0.3) is 0 Å². The maximum absolute atomic E-state index is 13.6. The first kappa shape index (κ1) is 13.1. The van der Waals surface area contributed by atoms with Crippen molar-refractivity contribution in [2.45, 2.75) is 13.3 Å². The fraction of sp³-hybridized carbons (Fsp3) is 0.167. The molecule has 4 nitrogen and oxygen atoms in total. The summed E-state index contributed by atoms with van der Waals surface area (Å²) in [6.45, 7) is 1.62. The number of carbonyl (C=O) groups is 1. The number of carboxylic acids is 1. The third-order valence-corrected chi connectivity index (χ3v) is 2.63. The lowest BCUT2D eigenvalue weighted by molar-refractivity contribution is 0.0695. The smallest absolute Gasteiger partial charge is 0.339 e. The van der Waals surface area contributed by atoms with Crippen LogP contribution in [0.5, 0.6) is 0 Å². The molecule has 19 heavy (non-hydrogen) atoms. The molecule has 0 aliphatic heterocycles. The van der Waals surface area contributed by atoms with Crippen LogP contribution in [0.2, 0.25) is 0 Å². The molecule has 0 aliphatic rings. The summed E-state index contributed by atoms with van der Waals surface area (Å²) in [6, 6.07) is 1.03. The van der Waals surface area contributed by atoms with Crippen molar-refractivity contribution in [2.24, 2.45) is 0 Å². The molecule has 0 radical (unpaired) electrons. The van der Waals surface area contributed by atoms with Gasteiger partial charge >= 0.3 is 5.97 Å². The Morgan fingerprint density at radius 2 is 1.89 bits per heavy atom. The zero-order valence-electron chi connectivity index (χ0n) is 9.82. The van der Waals surface area contributed by atoms with Gasteiger partial charge in [-0.3, -0.25) is 0 Å². The van der Waals surface area contributed by atoms with Crippen LogP contribution in [0.3, 0.4) is 0 Å². The molecule has 2 rings (SSSR count). The van der Waals surface area contributed by atoms with E-state index in [1.165, 1.54) is 0 Å². The number of rotatable bonds is 3. The molecule has 1 aromatic heterocycles.